The number of methoxy groups -OCH3 is 1. The molecule has 0 amide bonds. The van der Waals surface area contributed by atoms with E-state index in [1.54, 1.807) is 0 Å². The summed E-state index contributed by atoms with van der Waals surface area (Å²) in [5, 5.41) is 4.14. The topological polar surface area (TPSA) is 67.0 Å². The molecule has 106 valence electrons. The highest BCUT2D eigenvalue weighted by Gasteiger charge is 2.29. The van der Waals surface area contributed by atoms with Crippen molar-refractivity contribution < 1.29 is 9.53 Å². The van der Waals surface area contributed by atoms with Crippen molar-refractivity contribution in [2.45, 2.75) is 30.1 Å². The van der Waals surface area contributed by atoms with Gasteiger partial charge in [-0.05, 0) is 25.0 Å². The fourth-order valence-electron chi connectivity index (χ4n) is 2.02. The molecule has 0 spiro atoms. The molecule has 1 aromatic heterocycles. The van der Waals surface area contributed by atoms with Crippen LogP contribution in [0.3, 0.4) is 0 Å². The van der Waals surface area contributed by atoms with E-state index in [1.807, 2.05) is 24.3 Å². The predicted octanol–water partition coefficient (Wildman–Crippen LogP) is 1.95. The van der Waals surface area contributed by atoms with Gasteiger partial charge in [0.2, 0.25) is 0 Å². The molecule has 1 aromatic carbocycles. The number of para-hydroxylation sites is 2. The largest absolute Gasteiger partial charge is 0.468 e. The molecule has 6 heteroatoms. The molecule has 0 bridgehead atoms. The summed E-state index contributed by atoms with van der Waals surface area (Å²) < 4.78 is 4.84. The van der Waals surface area contributed by atoms with E-state index in [9.17, 15) is 4.79 Å². The molecule has 0 aliphatic heterocycles. The Morgan fingerprint density at radius 3 is 3.05 bits per heavy atom. The number of H-pyrrole nitrogens is 1. The fourth-order valence-corrected chi connectivity index (χ4v) is 2.92. The van der Waals surface area contributed by atoms with E-state index in [4.69, 9.17) is 4.74 Å². The molecule has 1 atom stereocenters. The number of carbonyl (C=O) groups excluding carboxylic acids is 1. The number of fused-ring (bicyclic) bond motifs is 1. The monoisotopic (exact) mass is 291 g/mol. The van der Waals surface area contributed by atoms with Crippen LogP contribution < -0.4 is 5.32 Å². The summed E-state index contributed by atoms with van der Waals surface area (Å²) in [6.45, 7) is 0. The van der Waals surface area contributed by atoms with Crippen LogP contribution in [0.15, 0.2) is 29.4 Å². The Kier molecular flexibility index (Phi) is 3.93. The first-order valence-electron chi connectivity index (χ1n) is 6.67. The normalized spacial score (nSPS) is 16.2. The maximum Gasteiger partial charge on any atom is 0.323 e. The van der Waals surface area contributed by atoms with E-state index in [0.29, 0.717) is 11.8 Å². The average molecular weight is 291 g/mol. The van der Waals surface area contributed by atoms with Gasteiger partial charge >= 0.3 is 5.97 Å². The molecule has 2 aromatic rings. The van der Waals surface area contributed by atoms with Crippen molar-refractivity contribution in [1.82, 2.24) is 15.3 Å². The summed E-state index contributed by atoms with van der Waals surface area (Å²) in [6, 6.07) is 8.09. The summed E-state index contributed by atoms with van der Waals surface area (Å²) in [5.41, 5.74) is 1.96. The van der Waals surface area contributed by atoms with Crippen molar-refractivity contribution in [1.29, 1.82) is 0 Å². The lowest BCUT2D eigenvalue weighted by Crippen LogP contribution is -2.41. The Morgan fingerprint density at radius 1 is 1.55 bits per heavy atom. The maximum atomic E-state index is 11.7. The molecule has 1 heterocycles. The van der Waals surface area contributed by atoms with E-state index >= 15 is 0 Å². The van der Waals surface area contributed by atoms with E-state index < -0.39 is 0 Å². The van der Waals surface area contributed by atoms with Crippen molar-refractivity contribution in [3.63, 3.8) is 0 Å². The number of imidazole rings is 1. The van der Waals surface area contributed by atoms with Crippen LogP contribution in [0.4, 0.5) is 0 Å². The van der Waals surface area contributed by atoms with Gasteiger partial charge in [0.25, 0.3) is 0 Å². The Labute approximate surface area is 121 Å². The molecule has 1 saturated carbocycles. The molecule has 1 aliphatic carbocycles. The third-order valence-electron chi connectivity index (χ3n) is 3.25. The molecule has 1 aliphatic rings. The first-order chi connectivity index (χ1) is 9.76. The van der Waals surface area contributed by atoms with Crippen LogP contribution in [0.1, 0.15) is 12.8 Å². The molecule has 0 saturated heterocycles. The number of aromatic amines is 1. The third-order valence-corrected chi connectivity index (χ3v) is 4.22. The summed E-state index contributed by atoms with van der Waals surface area (Å²) >= 11 is 1.54. The predicted molar refractivity (Wildman–Crippen MR) is 78.8 cm³/mol. The van der Waals surface area contributed by atoms with Crippen molar-refractivity contribution in [2.75, 3.05) is 12.9 Å². The van der Waals surface area contributed by atoms with Crippen LogP contribution in [0.2, 0.25) is 0 Å². The van der Waals surface area contributed by atoms with E-state index in [-0.39, 0.29) is 12.0 Å². The highest BCUT2D eigenvalue weighted by molar-refractivity contribution is 7.99. The Morgan fingerprint density at radius 2 is 2.35 bits per heavy atom. The lowest BCUT2D eigenvalue weighted by atomic mass is 10.3. The van der Waals surface area contributed by atoms with Gasteiger partial charge in [0, 0.05) is 11.8 Å². The highest BCUT2D eigenvalue weighted by atomic mass is 32.2. The number of esters is 1. The minimum absolute atomic E-state index is 0.208. The number of nitrogens with zero attached hydrogens (tertiary/aromatic N) is 1. The number of aromatic nitrogens is 2. The average Bonchev–Trinajstić information content (AvgIpc) is 3.19. The number of thioether (sulfide) groups is 1. The molecule has 2 N–H and O–H groups in total. The third kappa shape index (κ3) is 3.13. The lowest BCUT2D eigenvalue weighted by molar-refractivity contribution is -0.142. The van der Waals surface area contributed by atoms with Crippen LogP contribution >= 0.6 is 11.8 Å². The van der Waals surface area contributed by atoms with Crippen molar-refractivity contribution in [3.8, 4) is 0 Å². The van der Waals surface area contributed by atoms with Gasteiger partial charge < -0.3 is 15.0 Å². The van der Waals surface area contributed by atoms with Crippen molar-refractivity contribution in [2.24, 2.45) is 0 Å². The Bertz CT molecular complexity index is 576. The van der Waals surface area contributed by atoms with Gasteiger partial charge in [0.05, 0.1) is 18.1 Å². The number of rotatable bonds is 6. The second kappa shape index (κ2) is 5.85. The number of hydrogen-bond donors (Lipinski definition) is 2. The number of benzene rings is 1. The van der Waals surface area contributed by atoms with Crippen LogP contribution in [0.5, 0.6) is 0 Å². The van der Waals surface area contributed by atoms with E-state index in [2.05, 4.69) is 15.3 Å². The zero-order chi connectivity index (χ0) is 13.9. The van der Waals surface area contributed by atoms with E-state index in [0.717, 1.165) is 29.0 Å². The first-order valence-corrected chi connectivity index (χ1v) is 7.66. The Hall–Kier alpha value is -1.53. The van der Waals surface area contributed by atoms with Crippen LogP contribution in [-0.2, 0) is 9.53 Å². The quantitative estimate of drug-likeness (QED) is 0.629. The van der Waals surface area contributed by atoms with Gasteiger partial charge in [-0.3, -0.25) is 4.79 Å². The second-order valence-corrected chi connectivity index (χ2v) is 5.90. The number of nitrogens with one attached hydrogen (secondary N) is 2. The molecule has 20 heavy (non-hydrogen) atoms. The van der Waals surface area contributed by atoms with Crippen LogP contribution in [0.25, 0.3) is 11.0 Å². The summed E-state index contributed by atoms with van der Waals surface area (Å²) in [7, 11) is 1.43. The van der Waals surface area contributed by atoms with Gasteiger partial charge in [0.1, 0.15) is 6.04 Å². The summed E-state index contributed by atoms with van der Waals surface area (Å²) in [4.78, 5) is 19.5. The van der Waals surface area contributed by atoms with Gasteiger partial charge in [-0.2, -0.15) is 0 Å². The minimum atomic E-state index is -0.272. The fraction of sp³-hybridized carbons (Fsp3) is 0.429. The second-order valence-electron chi connectivity index (χ2n) is 4.89. The Balaban J connectivity index is 1.64. The zero-order valence-corrected chi connectivity index (χ0v) is 12.1. The molecule has 3 rings (SSSR count). The smallest absolute Gasteiger partial charge is 0.323 e. The standard InChI is InChI=1S/C14H17N3O2S/c1-19-13(18)12(15-9-6-7-9)8-20-14-16-10-4-2-3-5-11(10)17-14/h2-5,9,12,15H,6-8H2,1H3,(H,16,17). The molecular formula is C14H17N3O2S. The van der Waals surface area contributed by atoms with Gasteiger partial charge in [0.15, 0.2) is 5.16 Å². The number of ether oxygens (including phenoxy) is 1. The van der Waals surface area contributed by atoms with E-state index in [1.165, 1.54) is 18.9 Å². The molecule has 1 fully saturated rings. The minimum Gasteiger partial charge on any atom is -0.468 e. The zero-order valence-electron chi connectivity index (χ0n) is 11.3. The SMILES string of the molecule is COC(=O)C(CSc1nc2ccccc2[nH]1)NC1CC1. The lowest BCUT2D eigenvalue weighted by Gasteiger charge is -2.14. The first kappa shape index (κ1) is 13.5. The van der Waals surface area contributed by atoms with Crippen molar-refractivity contribution >= 4 is 28.8 Å². The number of hydrogen-bond acceptors (Lipinski definition) is 5. The highest BCUT2D eigenvalue weighted by Crippen LogP contribution is 2.23. The van der Waals surface area contributed by atoms with Gasteiger partial charge in [-0.1, -0.05) is 23.9 Å². The summed E-state index contributed by atoms with van der Waals surface area (Å²) in [5.74, 6) is 0.406. The number of carbonyl (C=O) groups is 1. The summed E-state index contributed by atoms with van der Waals surface area (Å²) in [6.07, 6.45) is 2.28. The molecule has 5 nitrogen and oxygen atoms in total. The molecular weight excluding hydrogens is 274 g/mol. The van der Waals surface area contributed by atoms with Gasteiger partial charge in [-0.15, -0.1) is 0 Å². The van der Waals surface area contributed by atoms with Crippen LogP contribution in [-0.4, -0.2) is 40.9 Å². The van der Waals surface area contributed by atoms with Gasteiger partial charge in [-0.25, -0.2) is 4.98 Å². The van der Waals surface area contributed by atoms with Crippen molar-refractivity contribution in [3.05, 3.63) is 24.3 Å². The molecule has 1 unspecified atom stereocenters. The molecule has 0 radical (unpaired) electrons. The van der Waals surface area contributed by atoms with Crippen LogP contribution in [0, 0.1) is 0 Å². The maximum absolute atomic E-state index is 11.7.